The van der Waals surface area contributed by atoms with Crippen molar-refractivity contribution < 1.29 is 14.3 Å². The van der Waals surface area contributed by atoms with E-state index in [0.717, 1.165) is 11.0 Å². The fourth-order valence-electron chi connectivity index (χ4n) is 2.77. The molecular formula is C16H19ClO3. The Morgan fingerprint density at radius 1 is 1.35 bits per heavy atom. The summed E-state index contributed by atoms with van der Waals surface area (Å²) in [7, 11) is 0. The summed E-state index contributed by atoms with van der Waals surface area (Å²) in [5.41, 5.74) is -0.191. The number of benzene rings is 1. The van der Waals surface area contributed by atoms with Crippen molar-refractivity contribution in [1.82, 2.24) is 0 Å². The molecule has 0 bridgehead atoms. The second-order valence-corrected chi connectivity index (χ2v) is 6.37. The second-order valence-electron chi connectivity index (χ2n) is 5.93. The Balaban J connectivity index is 1.96. The molecule has 2 unspecified atom stereocenters. The first-order chi connectivity index (χ1) is 9.48. The molecule has 0 aliphatic carbocycles. The maximum atomic E-state index is 10.9. The van der Waals surface area contributed by atoms with E-state index < -0.39 is 5.60 Å². The predicted molar refractivity (Wildman–Crippen MR) is 78.9 cm³/mol. The zero-order chi connectivity index (χ0) is 14.3. The molecule has 0 saturated carbocycles. The minimum atomic E-state index is -0.946. The Morgan fingerprint density at radius 3 is 2.90 bits per heavy atom. The summed E-state index contributed by atoms with van der Waals surface area (Å²) in [6.07, 6.45) is 1.19. The zero-order valence-corrected chi connectivity index (χ0v) is 12.5. The van der Waals surface area contributed by atoms with Gasteiger partial charge in [-0.05, 0) is 30.2 Å². The highest BCUT2D eigenvalue weighted by atomic mass is 35.5. The normalized spacial score (nSPS) is 27.4. The van der Waals surface area contributed by atoms with Gasteiger partial charge in [0.05, 0.1) is 12.7 Å². The molecule has 1 aromatic heterocycles. The zero-order valence-electron chi connectivity index (χ0n) is 11.7. The van der Waals surface area contributed by atoms with Crippen molar-refractivity contribution in [1.29, 1.82) is 0 Å². The van der Waals surface area contributed by atoms with Gasteiger partial charge in [0, 0.05) is 23.3 Å². The van der Waals surface area contributed by atoms with E-state index in [2.05, 4.69) is 13.8 Å². The van der Waals surface area contributed by atoms with Gasteiger partial charge in [0.2, 0.25) is 0 Å². The monoisotopic (exact) mass is 294 g/mol. The van der Waals surface area contributed by atoms with E-state index in [1.54, 1.807) is 6.07 Å². The van der Waals surface area contributed by atoms with Crippen LogP contribution in [-0.4, -0.2) is 17.8 Å². The highest BCUT2D eigenvalue weighted by Crippen LogP contribution is 2.39. The molecule has 2 heterocycles. The van der Waals surface area contributed by atoms with Crippen LogP contribution in [0.4, 0.5) is 0 Å². The molecule has 2 aromatic rings. The van der Waals surface area contributed by atoms with Crippen LogP contribution in [0.1, 0.15) is 32.4 Å². The van der Waals surface area contributed by atoms with Gasteiger partial charge in [0.1, 0.15) is 16.9 Å². The molecule has 3 nitrogen and oxygen atoms in total. The van der Waals surface area contributed by atoms with Crippen molar-refractivity contribution in [3.8, 4) is 0 Å². The summed E-state index contributed by atoms with van der Waals surface area (Å²) >= 11 is 5.99. The molecule has 1 saturated heterocycles. The Bertz CT molecular complexity index is 619. The molecule has 20 heavy (non-hydrogen) atoms. The Hall–Kier alpha value is -1.03. The molecule has 1 aliphatic rings. The van der Waals surface area contributed by atoms with Gasteiger partial charge in [-0.2, -0.15) is 0 Å². The molecule has 0 radical (unpaired) electrons. The highest BCUT2D eigenvalue weighted by molar-refractivity contribution is 6.31. The molecule has 4 heteroatoms. The van der Waals surface area contributed by atoms with E-state index in [1.807, 2.05) is 18.2 Å². The van der Waals surface area contributed by atoms with Crippen molar-refractivity contribution in [2.45, 2.75) is 38.4 Å². The molecule has 2 atom stereocenters. The van der Waals surface area contributed by atoms with Crippen molar-refractivity contribution in [3.05, 3.63) is 35.0 Å². The lowest BCUT2D eigenvalue weighted by Crippen LogP contribution is -2.40. The van der Waals surface area contributed by atoms with E-state index >= 15 is 0 Å². The first-order valence-electron chi connectivity index (χ1n) is 7.01. The summed E-state index contributed by atoms with van der Waals surface area (Å²) in [6, 6.07) is 7.38. The summed E-state index contributed by atoms with van der Waals surface area (Å²) < 4.78 is 11.6. The maximum absolute atomic E-state index is 10.9. The lowest BCUT2D eigenvalue weighted by molar-refractivity contribution is -0.129. The molecule has 1 aliphatic heterocycles. The number of hydrogen-bond donors (Lipinski definition) is 1. The van der Waals surface area contributed by atoms with Crippen molar-refractivity contribution in [3.63, 3.8) is 0 Å². The van der Waals surface area contributed by atoms with Gasteiger partial charge in [-0.15, -0.1) is 0 Å². The van der Waals surface area contributed by atoms with E-state index in [0.29, 0.717) is 36.1 Å². The molecule has 108 valence electrons. The fraction of sp³-hybridized carbons (Fsp3) is 0.500. The van der Waals surface area contributed by atoms with Crippen LogP contribution in [0.25, 0.3) is 11.0 Å². The lowest BCUT2D eigenvalue weighted by Gasteiger charge is -2.37. The maximum Gasteiger partial charge on any atom is 0.137 e. The van der Waals surface area contributed by atoms with E-state index in [4.69, 9.17) is 20.8 Å². The summed E-state index contributed by atoms with van der Waals surface area (Å²) in [4.78, 5) is 0. The topological polar surface area (TPSA) is 42.6 Å². The molecular weight excluding hydrogens is 276 g/mol. The first-order valence-corrected chi connectivity index (χ1v) is 7.39. The van der Waals surface area contributed by atoms with E-state index in [-0.39, 0.29) is 6.10 Å². The van der Waals surface area contributed by atoms with Gasteiger partial charge in [-0.25, -0.2) is 0 Å². The van der Waals surface area contributed by atoms with Crippen LogP contribution in [0.15, 0.2) is 28.7 Å². The average molecular weight is 295 g/mol. The number of hydrogen-bond acceptors (Lipinski definition) is 3. The standard InChI is InChI=1S/C16H19ClO3/c1-10(2)14-9-16(18,5-6-19-14)15-8-11-7-12(17)3-4-13(11)20-15/h3-4,7-8,10,14,18H,5-6,9H2,1-2H3. The van der Waals surface area contributed by atoms with Crippen molar-refractivity contribution in [2.75, 3.05) is 6.61 Å². The van der Waals surface area contributed by atoms with Gasteiger partial charge < -0.3 is 14.3 Å². The van der Waals surface area contributed by atoms with Crippen molar-refractivity contribution >= 4 is 22.6 Å². The lowest BCUT2D eigenvalue weighted by atomic mass is 9.84. The quantitative estimate of drug-likeness (QED) is 0.906. The highest BCUT2D eigenvalue weighted by Gasteiger charge is 2.40. The number of rotatable bonds is 2. The Kier molecular flexibility index (Phi) is 3.53. The number of halogens is 1. The first kappa shape index (κ1) is 13.9. The van der Waals surface area contributed by atoms with Crippen LogP contribution < -0.4 is 0 Å². The number of furan rings is 1. The van der Waals surface area contributed by atoms with Crippen LogP contribution >= 0.6 is 11.6 Å². The number of ether oxygens (including phenoxy) is 1. The van der Waals surface area contributed by atoms with Gasteiger partial charge in [-0.1, -0.05) is 25.4 Å². The summed E-state index contributed by atoms with van der Waals surface area (Å²) in [5.74, 6) is 0.990. The van der Waals surface area contributed by atoms with Crippen LogP contribution in [0.2, 0.25) is 5.02 Å². The molecule has 3 rings (SSSR count). The summed E-state index contributed by atoms with van der Waals surface area (Å²) in [6.45, 7) is 4.76. The second kappa shape index (κ2) is 5.06. The predicted octanol–water partition coefficient (Wildman–Crippen LogP) is 4.11. The van der Waals surface area contributed by atoms with E-state index in [1.165, 1.54) is 0 Å². The van der Waals surface area contributed by atoms with Crippen LogP contribution in [0.5, 0.6) is 0 Å². The number of fused-ring (bicyclic) bond motifs is 1. The third-order valence-corrected chi connectivity index (χ3v) is 4.30. The minimum absolute atomic E-state index is 0.0607. The van der Waals surface area contributed by atoms with Gasteiger partial charge >= 0.3 is 0 Å². The molecule has 0 amide bonds. The molecule has 0 spiro atoms. The summed E-state index contributed by atoms with van der Waals surface area (Å²) in [5, 5.41) is 12.5. The van der Waals surface area contributed by atoms with Gasteiger partial charge in [-0.3, -0.25) is 0 Å². The van der Waals surface area contributed by atoms with Gasteiger partial charge in [0.25, 0.3) is 0 Å². The Morgan fingerprint density at radius 2 is 2.15 bits per heavy atom. The SMILES string of the molecule is CC(C)C1CC(O)(c2cc3cc(Cl)ccc3o2)CCO1. The third kappa shape index (κ3) is 2.46. The van der Waals surface area contributed by atoms with Crippen LogP contribution in [0.3, 0.4) is 0 Å². The smallest absolute Gasteiger partial charge is 0.137 e. The van der Waals surface area contributed by atoms with Gasteiger partial charge in [0.15, 0.2) is 0 Å². The number of aliphatic hydroxyl groups is 1. The van der Waals surface area contributed by atoms with E-state index in [9.17, 15) is 5.11 Å². The van der Waals surface area contributed by atoms with Crippen molar-refractivity contribution in [2.24, 2.45) is 5.92 Å². The third-order valence-electron chi connectivity index (χ3n) is 4.07. The largest absolute Gasteiger partial charge is 0.458 e. The molecule has 1 aromatic carbocycles. The Labute approximate surface area is 123 Å². The molecule has 1 N–H and O–H groups in total. The van der Waals surface area contributed by atoms with Crippen LogP contribution in [0, 0.1) is 5.92 Å². The fourth-order valence-corrected chi connectivity index (χ4v) is 2.95. The minimum Gasteiger partial charge on any atom is -0.458 e. The average Bonchev–Trinajstić information content (AvgIpc) is 2.82. The van der Waals surface area contributed by atoms with Crippen LogP contribution in [-0.2, 0) is 10.3 Å². The molecule has 1 fully saturated rings.